The van der Waals surface area contributed by atoms with Gasteiger partial charge in [0.15, 0.2) is 6.10 Å². The van der Waals surface area contributed by atoms with Gasteiger partial charge in [0.25, 0.3) is 0 Å². The summed E-state index contributed by atoms with van der Waals surface area (Å²) in [5.41, 5.74) is 0.742. The first kappa shape index (κ1) is 17.8. The van der Waals surface area contributed by atoms with Crippen molar-refractivity contribution in [1.29, 1.82) is 0 Å². The lowest BCUT2D eigenvalue weighted by molar-refractivity contribution is -0.150. The first-order valence-corrected chi connectivity index (χ1v) is 9.03. The number of piperidine rings is 1. The van der Waals surface area contributed by atoms with E-state index in [1.165, 1.54) is 16.4 Å². The Balaban J connectivity index is 1.88. The molecule has 1 atom stereocenters. The third-order valence-corrected chi connectivity index (χ3v) is 6.03. The second kappa shape index (κ2) is 7.37. The lowest BCUT2D eigenvalue weighted by Gasteiger charge is -2.32. The second-order valence-corrected chi connectivity index (χ2v) is 7.80. The van der Waals surface area contributed by atoms with E-state index in [-0.39, 0.29) is 24.7 Å². The van der Waals surface area contributed by atoms with Crippen molar-refractivity contribution in [2.24, 2.45) is 5.92 Å². The highest BCUT2D eigenvalue weighted by molar-refractivity contribution is 7.89. The van der Waals surface area contributed by atoms with Crippen molar-refractivity contribution in [3.8, 4) is 0 Å². The van der Waals surface area contributed by atoms with E-state index >= 15 is 0 Å². The minimum absolute atomic E-state index is 0.0786. The molecule has 1 aliphatic rings. The minimum Gasteiger partial charge on any atom is -0.479 e. The van der Waals surface area contributed by atoms with Crippen LogP contribution in [-0.4, -0.2) is 53.9 Å². The molecule has 1 saturated heterocycles. The van der Waals surface area contributed by atoms with Crippen molar-refractivity contribution < 1.29 is 27.8 Å². The van der Waals surface area contributed by atoms with Crippen molar-refractivity contribution in [3.05, 3.63) is 35.6 Å². The van der Waals surface area contributed by atoms with Gasteiger partial charge in [0.05, 0.1) is 5.75 Å². The Labute approximate surface area is 134 Å². The number of aryl methyl sites for hydroxylation is 1. The zero-order valence-electron chi connectivity index (χ0n) is 12.6. The summed E-state index contributed by atoms with van der Waals surface area (Å²) in [6, 6.07) is 5.70. The number of carboxylic acid groups (broad SMARTS) is 1. The van der Waals surface area contributed by atoms with E-state index in [2.05, 4.69) is 0 Å². The van der Waals surface area contributed by atoms with E-state index in [1.807, 2.05) is 0 Å². The van der Waals surface area contributed by atoms with Crippen LogP contribution in [0.5, 0.6) is 0 Å². The van der Waals surface area contributed by atoms with E-state index in [0.29, 0.717) is 19.3 Å². The van der Waals surface area contributed by atoms with Crippen molar-refractivity contribution >= 4 is 16.0 Å². The maximum absolute atomic E-state index is 12.8. The number of sulfonamides is 1. The topological polar surface area (TPSA) is 94.9 Å². The van der Waals surface area contributed by atoms with Gasteiger partial charge in [-0.25, -0.2) is 21.9 Å². The third kappa shape index (κ3) is 4.73. The molecule has 0 saturated carbocycles. The van der Waals surface area contributed by atoms with Gasteiger partial charge in [-0.1, -0.05) is 12.1 Å². The van der Waals surface area contributed by atoms with Crippen LogP contribution in [0.4, 0.5) is 4.39 Å². The van der Waals surface area contributed by atoms with Crippen LogP contribution in [0.1, 0.15) is 18.4 Å². The van der Waals surface area contributed by atoms with E-state index in [4.69, 9.17) is 5.11 Å². The van der Waals surface area contributed by atoms with Crippen LogP contribution in [0.3, 0.4) is 0 Å². The maximum atomic E-state index is 12.8. The van der Waals surface area contributed by atoms with Gasteiger partial charge in [0.1, 0.15) is 5.82 Å². The molecule has 6 nitrogen and oxygen atoms in total. The Morgan fingerprint density at radius 2 is 1.83 bits per heavy atom. The van der Waals surface area contributed by atoms with Gasteiger partial charge in [0, 0.05) is 13.1 Å². The standard InChI is InChI=1S/C15H20FNO5S/c16-13-3-1-11(2-4-13)7-10-23(21,22)17-8-5-12(6-9-17)14(18)15(19)20/h1-4,12,14,18H,5-10H2,(H,19,20). The molecule has 0 radical (unpaired) electrons. The maximum Gasteiger partial charge on any atom is 0.332 e. The Morgan fingerprint density at radius 3 is 2.35 bits per heavy atom. The first-order chi connectivity index (χ1) is 10.8. The average Bonchev–Trinajstić information content (AvgIpc) is 2.53. The number of aliphatic hydroxyl groups excluding tert-OH is 1. The molecule has 0 amide bonds. The SMILES string of the molecule is O=C(O)C(O)C1CCN(S(=O)(=O)CCc2ccc(F)cc2)CC1. The van der Waals surface area contributed by atoms with Crippen molar-refractivity contribution in [2.75, 3.05) is 18.8 Å². The van der Waals surface area contributed by atoms with Gasteiger partial charge >= 0.3 is 5.97 Å². The molecule has 0 spiro atoms. The Hall–Kier alpha value is -1.51. The van der Waals surface area contributed by atoms with Crippen LogP contribution >= 0.6 is 0 Å². The van der Waals surface area contributed by atoms with Gasteiger partial charge in [-0.3, -0.25) is 0 Å². The number of carboxylic acids is 1. The largest absolute Gasteiger partial charge is 0.479 e. The van der Waals surface area contributed by atoms with Gasteiger partial charge in [-0.2, -0.15) is 0 Å². The molecule has 2 N–H and O–H groups in total. The van der Waals surface area contributed by atoms with Crippen molar-refractivity contribution in [3.63, 3.8) is 0 Å². The molecule has 1 fully saturated rings. The molecule has 1 aromatic rings. The molecule has 1 aromatic carbocycles. The lowest BCUT2D eigenvalue weighted by atomic mass is 9.92. The van der Waals surface area contributed by atoms with E-state index < -0.39 is 28.0 Å². The number of nitrogens with zero attached hydrogens (tertiary/aromatic N) is 1. The van der Waals surface area contributed by atoms with Gasteiger partial charge < -0.3 is 10.2 Å². The average molecular weight is 345 g/mol. The Kier molecular flexibility index (Phi) is 5.72. The Morgan fingerprint density at radius 1 is 1.26 bits per heavy atom. The van der Waals surface area contributed by atoms with Crippen molar-refractivity contribution in [1.82, 2.24) is 4.31 Å². The van der Waals surface area contributed by atoms with Crippen LogP contribution in [0.25, 0.3) is 0 Å². The van der Waals surface area contributed by atoms with Crippen LogP contribution < -0.4 is 0 Å². The van der Waals surface area contributed by atoms with Gasteiger partial charge in [-0.15, -0.1) is 0 Å². The fraction of sp³-hybridized carbons (Fsp3) is 0.533. The summed E-state index contributed by atoms with van der Waals surface area (Å²) in [6.07, 6.45) is -0.508. The quantitative estimate of drug-likeness (QED) is 0.797. The summed E-state index contributed by atoms with van der Waals surface area (Å²) in [7, 11) is -3.45. The van der Waals surface area contributed by atoms with Crippen molar-refractivity contribution in [2.45, 2.75) is 25.4 Å². The molecule has 0 aromatic heterocycles. The van der Waals surface area contributed by atoms with E-state index in [9.17, 15) is 22.7 Å². The fourth-order valence-corrected chi connectivity index (χ4v) is 4.22. The monoisotopic (exact) mass is 345 g/mol. The molecule has 1 aliphatic heterocycles. The summed E-state index contributed by atoms with van der Waals surface area (Å²) in [5.74, 6) is -2.14. The van der Waals surface area contributed by atoms with Gasteiger partial charge in [-0.05, 0) is 42.9 Å². The molecule has 1 heterocycles. The van der Waals surface area contributed by atoms with Gasteiger partial charge in [0.2, 0.25) is 10.0 Å². The highest BCUT2D eigenvalue weighted by atomic mass is 32.2. The number of benzene rings is 1. The molecule has 0 bridgehead atoms. The van der Waals surface area contributed by atoms with Crippen LogP contribution in [0.15, 0.2) is 24.3 Å². The summed E-state index contributed by atoms with van der Waals surface area (Å²) in [5, 5.41) is 18.3. The van der Waals surface area contributed by atoms with E-state index in [1.54, 1.807) is 12.1 Å². The number of rotatable bonds is 6. The third-order valence-electron chi connectivity index (χ3n) is 4.15. The molecular weight excluding hydrogens is 325 g/mol. The molecule has 128 valence electrons. The smallest absolute Gasteiger partial charge is 0.332 e. The highest BCUT2D eigenvalue weighted by Crippen LogP contribution is 2.23. The Bertz CT molecular complexity index is 638. The van der Waals surface area contributed by atoms with Crippen LogP contribution in [0, 0.1) is 11.7 Å². The van der Waals surface area contributed by atoms with Crippen LogP contribution in [-0.2, 0) is 21.2 Å². The summed E-state index contributed by atoms with van der Waals surface area (Å²) < 4.78 is 38.8. The molecule has 23 heavy (non-hydrogen) atoms. The number of carbonyl (C=O) groups is 1. The summed E-state index contributed by atoms with van der Waals surface area (Å²) in [4.78, 5) is 10.8. The molecule has 1 unspecified atom stereocenters. The van der Waals surface area contributed by atoms with E-state index in [0.717, 1.165) is 5.56 Å². The number of halogens is 1. The number of aliphatic hydroxyl groups is 1. The zero-order chi connectivity index (χ0) is 17.0. The summed E-state index contributed by atoms with van der Waals surface area (Å²) in [6.45, 7) is 0.418. The molecule has 8 heteroatoms. The highest BCUT2D eigenvalue weighted by Gasteiger charge is 2.33. The molecule has 0 aliphatic carbocycles. The zero-order valence-corrected chi connectivity index (χ0v) is 13.4. The first-order valence-electron chi connectivity index (χ1n) is 7.43. The predicted octanol–water partition coefficient (Wildman–Crippen LogP) is 0.856. The fourth-order valence-electron chi connectivity index (χ4n) is 2.70. The normalized spacial score (nSPS) is 18.7. The number of hydrogen-bond donors (Lipinski definition) is 2. The van der Waals surface area contributed by atoms with Crippen LogP contribution in [0.2, 0.25) is 0 Å². The predicted molar refractivity (Wildman–Crippen MR) is 81.8 cm³/mol. The number of aliphatic carboxylic acids is 1. The lowest BCUT2D eigenvalue weighted by Crippen LogP contribution is -2.44. The minimum atomic E-state index is -3.45. The number of hydrogen-bond acceptors (Lipinski definition) is 4. The molecule has 2 rings (SSSR count). The molecular formula is C15H20FNO5S. The summed E-state index contributed by atoms with van der Waals surface area (Å²) >= 11 is 0. The second-order valence-electron chi connectivity index (χ2n) is 5.71.